The van der Waals surface area contributed by atoms with Gasteiger partial charge in [-0.1, -0.05) is 12.6 Å². The fourth-order valence-electron chi connectivity index (χ4n) is 6.12. The minimum Gasteiger partial charge on any atom is -0.487 e. The second-order valence-electron chi connectivity index (χ2n) is 11.2. The van der Waals surface area contributed by atoms with Crippen LogP contribution in [-0.2, 0) is 4.79 Å². The van der Waals surface area contributed by atoms with Crippen LogP contribution in [0.3, 0.4) is 0 Å². The lowest BCUT2D eigenvalue weighted by Crippen LogP contribution is -2.61. The standard InChI is InChI=1S/C32H35F2N7O3/c1-6-22(43)40-12-17(4)41-19(13-40)14-44-31-25(32(41)37)30(39-28-16(3)9-10-38-29(28)18(5)42)26(33)24(27(31)34)23-15(2)7-8-21(36)20(23)11-35/h6-11,17-19,35,37,39,42H,1,12-14,36H2,2-5H3. The predicted molar refractivity (Wildman–Crippen MR) is 166 cm³/mol. The van der Waals surface area contributed by atoms with Gasteiger partial charge in [-0.2, -0.15) is 0 Å². The molecule has 2 aliphatic heterocycles. The first-order valence-corrected chi connectivity index (χ1v) is 14.2. The Morgan fingerprint density at radius 1 is 1.18 bits per heavy atom. The molecule has 1 amide bonds. The summed E-state index contributed by atoms with van der Waals surface area (Å²) in [5.74, 6) is -2.90. The van der Waals surface area contributed by atoms with Crippen molar-refractivity contribution in [1.82, 2.24) is 14.8 Å². The van der Waals surface area contributed by atoms with Crippen LogP contribution in [0.15, 0.2) is 37.1 Å². The van der Waals surface area contributed by atoms with Crippen LogP contribution in [0.4, 0.5) is 25.8 Å². The van der Waals surface area contributed by atoms with E-state index in [1.807, 2.05) is 6.92 Å². The number of nitrogens with one attached hydrogen (secondary N) is 3. The minimum atomic E-state index is -1.05. The Morgan fingerprint density at radius 2 is 1.91 bits per heavy atom. The largest absolute Gasteiger partial charge is 0.487 e. The number of aliphatic hydroxyl groups is 1. The summed E-state index contributed by atoms with van der Waals surface area (Å²) < 4.78 is 40.0. The number of halogens is 2. The number of piperazine rings is 1. The van der Waals surface area contributed by atoms with E-state index in [-0.39, 0.29) is 70.9 Å². The molecule has 2 aliphatic rings. The van der Waals surface area contributed by atoms with Gasteiger partial charge in [-0.25, -0.2) is 8.78 Å². The Labute approximate surface area is 254 Å². The summed E-state index contributed by atoms with van der Waals surface area (Å²) in [6, 6.07) is 3.92. The molecule has 3 heterocycles. The Kier molecular flexibility index (Phi) is 8.13. The van der Waals surface area contributed by atoms with Crippen molar-refractivity contribution < 1.29 is 23.4 Å². The molecule has 3 unspecified atom stereocenters. The number of aromatic nitrogens is 1. The van der Waals surface area contributed by atoms with E-state index in [1.165, 1.54) is 19.2 Å². The Balaban J connectivity index is 1.81. The minimum absolute atomic E-state index is 0.0766. The number of hydrogen-bond acceptors (Lipinski definition) is 8. The van der Waals surface area contributed by atoms with Crippen LogP contribution in [-0.4, -0.2) is 69.6 Å². The quantitative estimate of drug-likeness (QED) is 0.154. The van der Waals surface area contributed by atoms with Crippen molar-refractivity contribution in [3.05, 3.63) is 76.6 Å². The van der Waals surface area contributed by atoms with Crippen LogP contribution < -0.4 is 15.8 Å². The van der Waals surface area contributed by atoms with Gasteiger partial charge in [-0.15, -0.1) is 0 Å². The first-order valence-electron chi connectivity index (χ1n) is 14.2. The highest BCUT2D eigenvalue weighted by atomic mass is 19.1. The lowest BCUT2D eigenvalue weighted by molar-refractivity contribution is -0.129. The van der Waals surface area contributed by atoms with E-state index in [9.17, 15) is 15.3 Å². The Morgan fingerprint density at radius 3 is 2.57 bits per heavy atom. The average molecular weight is 604 g/mol. The van der Waals surface area contributed by atoms with Gasteiger partial charge in [0.05, 0.1) is 40.3 Å². The van der Waals surface area contributed by atoms with E-state index in [2.05, 4.69) is 16.9 Å². The maximum atomic E-state index is 17.1. The summed E-state index contributed by atoms with van der Waals surface area (Å²) in [5, 5.41) is 30.9. The van der Waals surface area contributed by atoms with Gasteiger partial charge in [0.15, 0.2) is 17.4 Å². The zero-order valence-electron chi connectivity index (χ0n) is 25.0. The van der Waals surface area contributed by atoms with E-state index < -0.39 is 35.4 Å². The van der Waals surface area contributed by atoms with Crippen LogP contribution in [0, 0.1) is 36.3 Å². The highest BCUT2D eigenvalue weighted by molar-refractivity contribution is 6.08. The van der Waals surface area contributed by atoms with E-state index in [0.29, 0.717) is 16.8 Å². The van der Waals surface area contributed by atoms with E-state index in [4.69, 9.17) is 15.9 Å². The number of anilines is 3. The highest BCUT2D eigenvalue weighted by Crippen LogP contribution is 2.47. The number of rotatable bonds is 6. The number of amidine groups is 1. The van der Waals surface area contributed by atoms with Gasteiger partial charge in [-0.05, 0) is 57.0 Å². The smallest absolute Gasteiger partial charge is 0.246 e. The van der Waals surface area contributed by atoms with Crippen LogP contribution in [0.25, 0.3) is 11.1 Å². The lowest BCUT2D eigenvalue weighted by atomic mass is 9.90. The van der Waals surface area contributed by atoms with Gasteiger partial charge in [0.1, 0.15) is 12.4 Å². The molecule has 3 atom stereocenters. The number of hydrogen-bond donors (Lipinski definition) is 5. The summed E-state index contributed by atoms with van der Waals surface area (Å²) in [5.41, 5.74) is 7.24. The van der Waals surface area contributed by atoms with Gasteiger partial charge in [0, 0.05) is 48.4 Å². The number of carbonyl (C=O) groups is 1. The third-order valence-corrected chi connectivity index (χ3v) is 8.24. The fraction of sp³-hybridized carbons (Fsp3) is 0.312. The van der Waals surface area contributed by atoms with Crippen molar-refractivity contribution in [1.29, 1.82) is 10.8 Å². The summed E-state index contributed by atoms with van der Waals surface area (Å²) >= 11 is 0. The molecule has 1 aromatic heterocycles. The molecule has 12 heteroatoms. The zero-order chi connectivity index (χ0) is 32.0. The highest BCUT2D eigenvalue weighted by Gasteiger charge is 2.42. The number of nitrogen functional groups attached to an aromatic ring is 1. The van der Waals surface area contributed by atoms with Crippen molar-refractivity contribution in [3.8, 4) is 16.9 Å². The normalized spacial score (nSPS) is 18.5. The maximum absolute atomic E-state index is 17.1. The SMILES string of the molecule is C=CC(=O)N1CC(C)N2C(=N)c3c(Nc4c(C)ccnc4C(C)O)c(F)c(-c4c(C)ccc(N)c4C=N)c(F)c3OCC2C1. The van der Waals surface area contributed by atoms with Crippen molar-refractivity contribution >= 4 is 35.0 Å². The molecule has 230 valence electrons. The number of pyridine rings is 1. The van der Waals surface area contributed by atoms with E-state index in [0.717, 1.165) is 6.21 Å². The summed E-state index contributed by atoms with van der Waals surface area (Å²) in [7, 11) is 0. The number of aliphatic hydroxyl groups excluding tert-OH is 1. The van der Waals surface area contributed by atoms with Gasteiger partial charge >= 0.3 is 0 Å². The van der Waals surface area contributed by atoms with Crippen LogP contribution >= 0.6 is 0 Å². The van der Waals surface area contributed by atoms with E-state index in [1.54, 1.807) is 41.8 Å². The summed E-state index contributed by atoms with van der Waals surface area (Å²) in [4.78, 5) is 20.1. The number of nitrogens with zero attached hydrogens (tertiary/aromatic N) is 3. The van der Waals surface area contributed by atoms with E-state index >= 15 is 8.78 Å². The molecule has 5 rings (SSSR count). The molecule has 0 spiro atoms. The lowest BCUT2D eigenvalue weighted by Gasteiger charge is -2.45. The summed E-state index contributed by atoms with van der Waals surface area (Å²) in [6.07, 6.45) is 2.65. The Hall–Kier alpha value is -4.84. The molecular formula is C32H35F2N7O3. The van der Waals surface area contributed by atoms with Crippen molar-refractivity contribution in [2.24, 2.45) is 0 Å². The first-order chi connectivity index (χ1) is 20.9. The second kappa shape index (κ2) is 11.7. The molecule has 10 nitrogen and oxygen atoms in total. The monoisotopic (exact) mass is 603 g/mol. The summed E-state index contributed by atoms with van der Waals surface area (Å²) in [6.45, 7) is 10.7. The van der Waals surface area contributed by atoms with Gasteiger partial charge < -0.3 is 36.1 Å². The topological polar surface area (TPSA) is 152 Å². The van der Waals surface area contributed by atoms with Crippen molar-refractivity contribution in [3.63, 3.8) is 0 Å². The van der Waals surface area contributed by atoms with Gasteiger partial charge in [-0.3, -0.25) is 15.2 Å². The van der Waals surface area contributed by atoms with Gasteiger partial charge in [0.2, 0.25) is 5.91 Å². The molecular weight excluding hydrogens is 568 g/mol. The Bertz CT molecular complexity index is 1710. The predicted octanol–water partition coefficient (Wildman–Crippen LogP) is 4.83. The number of ether oxygens (including phenoxy) is 1. The maximum Gasteiger partial charge on any atom is 0.246 e. The molecule has 1 fully saturated rings. The average Bonchev–Trinajstić information content (AvgIpc) is 3.13. The molecule has 0 bridgehead atoms. The first kappa shape index (κ1) is 30.6. The molecule has 3 aromatic rings. The number of amides is 1. The van der Waals surface area contributed by atoms with Gasteiger partial charge in [0.25, 0.3) is 0 Å². The molecule has 0 saturated carbocycles. The third-order valence-electron chi connectivity index (χ3n) is 8.24. The van der Waals surface area contributed by atoms with Crippen LogP contribution in [0.1, 0.15) is 47.9 Å². The van der Waals surface area contributed by atoms with Crippen molar-refractivity contribution in [2.75, 3.05) is 30.7 Å². The number of benzene rings is 2. The second-order valence-corrected chi connectivity index (χ2v) is 11.2. The molecule has 6 N–H and O–H groups in total. The third kappa shape index (κ3) is 4.94. The van der Waals surface area contributed by atoms with Crippen LogP contribution in [0.5, 0.6) is 5.75 Å². The number of nitrogens with two attached hydrogens (primary N) is 1. The molecule has 2 aromatic carbocycles. The van der Waals surface area contributed by atoms with Crippen LogP contribution in [0.2, 0.25) is 0 Å². The molecule has 1 saturated heterocycles. The van der Waals surface area contributed by atoms with Crippen molar-refractivity contribution in [2.45, 2.75) is 45.9 Å². The molecule has 44 heavy (non-hydrogen) atoms. The number of carbonyl (C=O) groups excluding carboxylic acids is 1. The zero-order valence-corrected chi connectivity index (χ0v) is 25.0. The molecule has 0 aliphatic carbocycles. The fourth-order valence-corrected chi connectivity index (χ4v) is 6.12. The molecule has 0 radical (unpaired) electrons. The number of aryl methyl sites for hydroxylation is 2. The number of fused-ring (bicyclic) bond motifs is 2.